The second-order valence-corrected chi connectivity index (χ2v) is 6.11. The van der Waals surface area contributed by atoms with Crippen molar-refractivity contribution in [3.63, 3.8) is 0 Å². The largest absolute Gasteiger partial charge is 0.494 e. The Hall–Kier alpha value is -2.50. The van der Waals surface area contributed by atoms with Gasteiger partial charge in [-0.05, 0) is 44.4 Å². The first-order valence-electron chi connectivity index (χ1n) is 8.68. The van der Waals surface area contributed by atoms with E-state index in [0.717, 1.165) is 24.2 Å². The lowest BCUT2D eigenvalue weighted by atomic mass is 9.95. The maximum atomic E-state index is 12.6. The van der Waals surface area contributed by atoms with Crippen LogP contribution in [0.5, 0.6) is 5.75 Å². The number of hydrogen-bond acceptors (Lipinski definition) is 4. The molecule has 2 rings (SSSR count). The molecule has 0 radical (unpaired) electrons. The van der Waals surface area contributed by atoms with E-state index < -0.39 is 12.0 Å². The smallest absolute Gasteiger partial charge is 0.338 e. The third-order valence-electron chi connectivity index (χ3n) is 4.06. The number of allylic oxidation sites excluding steroid dienone is 1. The van der Waals surface area contributed by atoms with Crippen LogP contribution in [-0.4, -0.2) is 24.7 Å². The molecule has 6 nitrogen and oxygen atoms in total. The van der Waals surface area contributed by atoms with Gasteiger partial charge < -0.3 is 20.1 Å². The van der Waals surface area contributed by atoms with Crippen molar-refractivity contribution in [2.24, 2.45) is 0 Å². The summed E-state index contributed by atoms with van der Waals surface area (Å²) >= 11 is 0. The predicted molar refractivity (Wildman–Crippen MR) is 95.2 cm³/mol. The summed E-state index contributed by atoms with van der Waals surface area (Å²) in [6.07, 6.45) is 1.47. The summed E-state index contributed by atoms with van der Waals surface area (Å²) < 4.78 is 11.0. The fourth-order valence-corrected chi connectivity index (χ4v) is 2.52. The molecule has 0 aromatic heterocycles. The van der Waals surface area contributed by atoms with Crippen LogP contribution in [0.15, 0.2) is 35.5 Å². The molecule has 6 heteroatoms. The molecule has 1 heterocycles. The van der Waals surface area contributed by atoms with E-state index in [0.29, 0.717) is 17.9 Å². The maximum absolute atomic E-state index is 12.6. The summed E-state index contributed by atoms with van der Waals surface area (Å²) in [7, 11) is 0. The van der Waals surface area contributed by atoms with Crippen LogP contribution in [0.25, 0.3) is 0 Å². The molecular formula is C19H26N2O4. The fraction of sp³-hybridized carbons (Fsp3) is 0.474. The van der Waals surface area contributed by atoms with Gasteiger partial charge in [0.1, 0.15) is 5.75 Å². The number of benzene rings is 1. The Labute approximate surface area is 148 Å². The Kier molecular flexibility index (Phi) is 6.44. The molecule has 1 aliphatic heterocycles. The van der Waals surface area contributed by atoms with Crippen LogP contribution in [0, 0.1) is 0 Å². The Balaban J connectivity index is 2.27. The molecule has 1 aromatic carbocycles. The number of urea groups is 1. The molecule has 2 atom stereocenters. The standard InChI is InChI=1S/C19H26N2O4/c1-5-11-24-15-9-7-14(8-10-15)17-16(13(4)20-19(23)21-17)18(22)25-12(3)6-2/h7-10,12,17H,5-6,11H2,1-4H3,(H2,20,21,23)/t12-,17-/m0/s1. The third-order valence-corrected chi connectivity index (χ3v) is 4.06. The zero-order chi connectivity index (χ0) is 18.4. The molecule has 0 saturated carbocycles. The number of carbonyl (C=O) groups is 2. The molecule has 1 aromatic rings. The van der Waals surface area contributed by atoms with E-state index >= 15 is 0 Å². The molecule has 1 aliphatic rings. The van der Waals surface area contributed by atoms with Crippen LogP contribution in [0.4, 0.5) is 4.79 Å². The number of amides is 2. The molecule has 0 spiro atoms. The van der Waals surface area contributed by atoms with Crippen LogP contribution >= 0.6 is 0 Å². The third kappa shape index (κ3) is 4.75. The van der Waals surface area contributed by atoms with Gasteiger partial charge in [-0.2, -0.15) is 0 Å². The predicted octanol–water partition coefficient (Wildman–Crippen LogP) is 3.45. The Morgan fingerprint density at radius 2 is 1.92 bits per heavy atom. The summed E-state index contributed by atoms with van der Waals surface area (Å²) in [6.45, 7) is 8.19. The number of carbonyl (C=O) groups excluding carboxylic acids is 2. The zero-order valence-corrected chi connectivity index (χ0v) is 15.2. The summed E-state index contributed by atoms with van der Waals surface area (Å²) in [6, 6.07) is 6.49. The lowest BCUT2D eigenvalue weighted by molar-refractivity contribution is -0.144. The minimum Gasteiger partial charge on any atom is -0.494 e. The normalized spacial score (nSPS) is 18.2. The van der Waals surface area contributed by atoms with Gasteiger partial charge in [-0.15, -0.1) is 0 Å². The number of nitrogens with one attached hydrogen (secondary N) is 2. The van der Waals surface area contributed by atoms with Crippen LogP contribution in [0.1, 0.15) is 52.1 Å². The van der Waals surface area contributed by atoms with Crippen molar-refractivity contribution in [2.75, 3.05) is 6.61 Å². The van der Waals surface area contributed by atoms with Crippen LogP contribution in [0.3, 0.4) is 0 Å². The van der Waals surface area contributed by atoms with Gasteiger partial charge in [-0.25, -0.2) is 9.59 Å². The monoisotopic (exact) mass is 346 g/mol. The van der Waals surface area contributed by atoms with E-state index in [4.69, 9.17) is 9.47 Å². The van der Waals surface area contributed by atoms with E-state index in [1.807, 2.05) is 45.0 Å². The van der Waals surface area contributed by atoms with Gasteiger partial charge in [0.2, 0.25) is 0 Å². The number of rotatable bonds is 7. The van der Waals surface area contributed by atoms with Gasteiger partial charge in [-0.1, -0.05) is 26.0 Å². The van der Waals surface area contributed by atoms with Crippen LogP contribution < -0.4 is 15.4 Å². The summed E-state index contributed by atoms with van der Waals surface area (Å²) in [5.74, 6) is 0.339. The van der Waals surface area contributed by atoms with Crippen molar-refractivity contribution in [3.8, 4) is 5.75 Å². The van der Waals surface area contributed by atoms with E-state index in [1.165, 1.54) is 0 Å². The van der Waals surface area contributed by atoms with Gasteiger partial charge in [0.25, 0.3) is 0 Å². The number of esters is 1. The van der Waals surface area contributed by atoms with E-state index in [9.17, 15) is 9.59 Å². The number of ether oxygens (including phenoxy) is 2. The van der Waals surface area contributed by atoms with E-state index in [2.05, 4.69) is 10.6 Å². The van der Waals surface area contributed by atoms with E-state index in [1.54, 1.807) is 6.92 Å². The van der Waals surface area contributed by atoms with Crippen molar-refractivity contribution < 1.29 is 19.1 Å². The van der Waals surface area contributed by atoms with Gasteiger partial charge >= 0.3 is 12.0 Å². The zero-order valence-electron chi connectivity index (χ0n) is 15.2. The quantitative estimate of drug-likeness (QED) is 0.742. The molecule has 0 unspecified atom stereocenters. The highest BCUT2D eigenvalue weighted by Gasteiger charge is 2.32. The summed E-state index contributed by atoms with van der Waals surface area (Å²) in [5, 5.41) is 5.44. The minimum atomic E-state index is -0.550. The fourth-order valence-electron chi connectivity index (χ4n) is 2.52. The first-order chi connectivity index (χ1) is 12.0. The molecule has 25 heavy (non-hydrogen) atoms. The molecule has 0 saturated heterocycles. The van der Waals surface area contributed by atoms with Crippen molar-refractivity contribution >= 4 is 12.0 Å². The minimum absolute atomic E-state index is 0.184. The second-order valence-electron chi connectivity index (χ2n) is 6.11. The lowest BCUT2D eigenvalue weighted by Gasteiger charge is -2.29. The highest BCUT2D eigenvalue weighted by Crippen LogP contribution is 2.29. The van der Waals surface area contributed by atoms with Crippen LogP contribution in [0.2, 0.25) is 0 Å². The Morgan fingerprint density at radius 3 is 2.52 bits per heavy atom. The Bertz CT molecular complexity index is 652. The SMILES string of the molecule is CCCOc1ccc([C@@H]2NC(=O)NC(C)=C2C(=O)O[C@@H](C)CC)cc1. The summed E-state index contributed by atoms with van der Waals surface area (Å²) in [5.41, 5.74) is 1.73. The lowest BCUT2D eigenvalue weighted by Crippen LogP contribution is -2.45. The molecule has 0 bridgehead atoms. The average Bonchev–Trinajstić information content (AvgIpc) is 2.59. The molecular weight excluding hydrogens is 320 g/mol. The molecule has 136 valence electrons. The molecule has 2 N–H and O–H groups in total. The Morgan fingerprint density at radius 1 is 1.24 bits per heavy atom. The first-order valence-corrected chi connectivity index (χ1v) is 8.68. The molecule has 2 amide bonds. The highest BCUT2D eigenvalue weighted by molar-refractivity contribution is 5.95. The van der Waals surface area contributed by atoms with Crippen molar-refractivity contribution in [1.82, 2.24) is 10.6 Å². The molecule has 0 aliphatic carbocycles. The maximum Gasteiger partial charge on any atom is 0.338 e. The van der Waals surface area contributed by atoms with Crippen molar-refractivity contribution in [2.45, 2.75) is 52.7 Å². The van der Waals surface area contributed by atoms with E-state index in [-0.39, 0.29) is 12.1 Å². The van der Waals surface area contributed by atoms with Gasteiger partial charge in [-0.3, -0.25) is 0 Å². The summed E-state index contributed by atoms with van der Waals surface area (Å²) in [4.78, 5) is 24.5. The van der Waals surface area contributed by atoms with Crippen LogP contribution in [-0.2, 0) is 9.53 Å². The topological polar surface area (TPSA) is 76.7 Å². The van der Waals surface area contributed by atoms with Gasteiger partial charge in [0.05, 0.1) is 24.3 Å². The van der Waals surface area contributed by atoms with Crippen molar-refractivity contribution in [1.29, 1.82) is 0 Å². The van der Waals surface area contributed by atoms with Gasteiger partial charge in [0.15, 0.2) is 0 Å². The molecule has 0 fully saturated rings. The number of hydrogen-bond donors (Lipinski definition) is 2. The second kappa shape index (κ2) is 8.55. The average molecular weight is 346 g/mol. The van der Waals surface area contributed by atoms with Gasteiger partial charge in [0, 0.05) is 5.70 Å². The first kappa shape index (κ1) is 18.8. The van der Waals surface area contributed by atoms with Crippen molar-refractivity contribution in [3.05, 3.63) is 41.1 Å². The highest BCUT2D eigenvalue weighted by atomic mass is 16.5.